The zero-order valence-corrected chi connectivity index (χ0v) is 53.1. The highest BCUT2D eigenvalue weighted by molar-refractivity contribution is 5.71. The Morgan fingerprint density at radius 2 is 0.434 bits per heavy atom. The minimum Gasteiger partial charge on any atom is -0.462 e. The first kappa shape index (κ1) is 77.5. The van der Waals surface area contributed by atoms with Crippen LogP contribution in [0.5, 0.6) is 0 Å². The molecule has 0 bridgehead atoms. The number of carbonyl (C=O) groups excluding carboxylic acids is 3. The number of hydrogen-bond acceptors (Lipinski definition) is 6. The van der Waals surface area contributed by atoms with Crippen LogP contribution in [0.3, 0.4) is 0 Å². The summed E-state index contributed by atoms with van der Waals surface area (Å²) in [4.78, 5) is 38.3. The molecule has 6 nitrogen and oxygen atoms in total. The van der Waals surface area contributed by atoms with Gasteiger partial charge in [-0.05, 0) is 154 Å². The van der Waals surface area contributed by atoms with Crippen LogP contribution in [-0.2, 0) is 28.6 Å². The van der Waals surface area contributed by atoms with E-state index in [2.05, 4.69) is 203 Å². The van der Waals surface area contributed by atoms with Gasteiger partial charge in [0, 0.05) is 19.3 Å². The summed E-state index contributed by atoms with van der Waals surface area (Å²) < 4.78 is 16.9. The van der Waals surface area contributed by atoms with Crippen LogP contribution in [0.25, 0.3) is 0 Å². The molecule has 0 aromatic carbocycles. The third-order valence-corrected chi connectivity index (χ3v) is 13.4. The maximum atomic E-state index is 12.9. The lowest BCUT2D eigenvalue weighted by Gasteiger charge is -2.18. The van der Waals surface area contributed by atoms with E-state index in [1.807, 2.05) is 0 Å². The van der Waals surface area contributed by atoms with Gasteiger partial charge in [0.05, 0.1) is 0 Å². The monoisotopic (exact) mass is 1140 g/mol. The second kappa shape index (κ2) is 69.0. The molecule has 0 aromatic heterocycles. The summed E-state index contributed by atoms with van der Waals surface area (Å²) in [6.45, 7) is 6.23. The van der Waals surface area contributed by atoms with Crippen molar-refractivity contribution in [1.82, 2.24) is 0 Å². The van der Waals surface area contributed by atoms with Gasteiger partial charge in [-0.1, -0.05) is 274 Å². The molecule has 0 aliphatic heterocycles. The standard InChI is InChI=1S/C77H120O6/c1-4-7-10-13-16-19-22-25-27-29-31-32-33-34-35-36-37-38-39-40-41-42-43-44-46-47-49-52-55-58-61-64-67-70-76(79)82-73-74(72-81-75(78)69-66-63-60-57-54-51-24-21-18-15-12-9-6-3)83-77(80)71-68-65-62-59-56-53-50-48-45-30-28-26-23-20-17-14-11-8-5-2/h7-12,16-21,25-28,31-32,34-35,37-38,40-41,45,48,51,53-54,56,74H,4-6,13-15,22-24,29-30,33,36,39,42-44,46-47,49-50,52,55,57-73H2,1-3H3/b10-7-,11-8-,12-9-,19-16-,20-17-,21-18-,27-25-,28-26-,32-31-,35-34-,38-37-,41-40-,48-45-,54-51-,56-53-. The first-order chi connectivity index (χ1) is 41.0. The van der Waals surface area contributed by atoms with Gasteiger partial charge >= 0.3 is 17.9 Å². The zero-order valence-electron chi connectivity index (χ0n) is 53.1. The van der Waals surface area contributed by atoms with E-state index in [1.165, 1.54) is 57.8 Å². The molecule has 464 valence electrons. The maximum absolute atomic E-state index is 12.9. The van der Waals surface area contributed by atoms with Gasteiger partial charge in [-0.3, -0.25) is 14.4 Å². The SMILES string of the molecule is CC/C=C\C/C=C\C/C=C\C/C=C\C/C=C\C/C=C\C/C=C\CCCCCCCCCCCCCC(=O)OCC(COC(=O)CCCCC/C=C\C/C=C\C/C=C\CC)OC(=O)CCCCC/C=C\C/C=C\C/C=C\C/C=C\C/C=C\CC. The number of allylic oxidation sites excluding steroid dienone is 30. The van der Waals surface area contributed by atoms with Crippen molar-refractivity contribution in [3.8, 4) is 0 Å². The van der Waals surface area contributed by atoms with Crippen LogP contribution >= 0.6 is 0 Å². The Morgan fingerprint density at radius 1 is 0.241 bits per heavy atom. The van der Waals surface area contributed by atoms with Gasteiger partial charge in [-0.25, -0.2) is 0 Å². The Hall–Kier alpha value is -5.49. The molecule has 0 radical (unpaired) electrons. The lowest BCUT2D eigenvalue weighted by molar-refractivity contribution is -0.167. The van der Waals surface area contributed by atoms with Crippen molar-refractivity contribution in [2.24, 2.45) is 0 Å². The van der Waals surface area contributed by atoms with Gasteiger partial charge in [0.1, 0.15) is 13.2 Å². The van der Waals surface area contributed by atoms with Crippen molar-refractivity contribution in [2.45, 2.75) is 271 Å². The maximum Gasteiger partial charge on any atom is 0.306 e. The Bertz CT molecular complexity index is 1940. The van der Waals surface area contributed by atoms with Crippen molar-refractivity contribution in [3.05, 3.63) is 182 Å². The van der Waals surface area contributed by atoms with Crippen LogP contribution in [-0.4, -0.2) is 37.2 Å². The highest BCUT2D eigenvalue weighted by atomic mass is 16.6. The topological polar surface area (TPSA) is 78.9 Å². The van der Waals surface area contributed by atoms with Crippen LogP contribution < -0.4 is 0 Å². The van der Waals surface area contributed by atoms with E-state index in [0.29, 0.717) is 19.3 Å². The fraction of sp³-hybridized carbons (Fsp3) is 0.571. The number of unbranched alkanes of at least 4 members (excludes halogenated alkanes) is 17. The van der Waals surface area contributed by atoms with Crippen LogP contribution in [0.1, 0.15) is 265 Å². The van der Waals surface area contributed by atoms with Crippen LogP contribution in [0.4, 0.5) is 0 Å². The van der Waals surface area contributed by atoms with Gasteiger partial charge in [0.15, 0.2) is 6.10 Å². The Balaban J connectivity index is 4.34. The molecule has 0 fully saturated rings. The molecule has 0 heterocycles. The normalized spacial score (nSPS) is 13.3. The van der Waals surface area contributed by atoms with E-state index in [0.717, 1.165) is 161 Å². The number of esters is 3. The van der Waals surface area contributed by atoms with E-state index >= 15 is 0 Å². The molecule has 1 atom stereocenters. The van der Waals surface area contributed by atoms with Gasteiger partial charge in [-0.2, -0.15) is 0 Å². The second-order valence-corrected chi connectivity index (χ2v) is 21.2. The van der Waals surface area contributed by atoms with Gasteiger partial charge in [-0.15, -0.1) is 0 Å². The third kappa shape index (κ3) is 67.2. The molecule has 0 spiro atoms. The van der Waals surface area contributed by atoms with Crippen molar-refractivity contribution in [2.75, 3.05) is 13.2 Å². The highest BCUT2D eigenvalue weighted by Gasteiger charge is 2.19. The van der Waals surface area contributed by atoms with Crippen LogP contribution in [0, 0.1) is 0 Å². The number of hydrogen-bond donors (Lipinski definition) is 0. The molecule has 1 unspecified atom stereocenters. The second-order valence-electron chi connectivity index (χ2n) is 21.2. The van der Waals surface area contributed by atoms with E-state index in [-0.39, 0.29) is 37.5 Å². The highest BCUT2D eigenvalue weighted by Crippen LogP contribution is 2.15. The quantitative estimate of drug-likeness (QED) is 0.0261. The van der Waals surface area contributed by atoms with Crippen LogP contribution in [0.15, 0.2) is 182 Å². The first-order valence-corrected chi connectivity index (χ1v) is 33.3. The molecule has 0 aromatic rings. The summed E-state index contributed by atoms with van der Waals surface area (Å²) in [5, 5.41) is 0. The molecule has 83 heavy (non-hydrogen) atoms. The molecular weight excluding hydrogens is 1020 g/mol. The third-order valence-electron chi connectivity index (χ3n) is 13.4. The molecule has 0 amide bonds. The predicted octanol–water partition coefficient (Wildman–Crippen LogP) is 23.2. The molecule has 6 heteroatoms. The molecule has 0 aliphatic rings. The summed E-state index contributed by atoms with van der Waals surface area (Å²) in [5.41, 5.74) is 0. The molecule has 0 rings (SSSR count). The van der Waals surface area contributed by atoms with Gasteiger partial charge in [0.2, 0.25) is 0 Å². The number of rotatable bonds is 58. The largest absolute Gasteiger partial charge is 0.462 e. The summed E-state index contributed by atoms with van der Waals surface area (Å²) >= 11 is 0. The summed E-state index contributed by atoms with van der Waals surface area (Å²) in [7, 11) is 0. The summed E-state index contributed by atoms with van der Waals surface area (Å²) in [6.07, 6.45) is 103. The summed E-state index contributed by atoms with van der Waals surface area (Å²) in [6, 6.07) is 0. The average Bonchev–Trinajstić information content (AvgIpc) is 3.49. The van der Waals surface area contributed by atoms with E-state index < -0.39 is 6.10 Å². The Kier molecular flexibility index (Phi) is 64.4. The fourth-order valence-electron chi connectivity index (χ4n) is 8.52. The van der Waals surface area contributed by atoms with E-state index in [4.69, 9.17) is 14.2 Å². The first-order valence-electron chi connectivity index (χ1n) is 33.3. The molecular formula is C77H120O6. The molecule has 0 saturated carbocycles. The van der Waals surface area contributed by atoms with Crippen molar-refractivity contribution in [1.29, 1.82) is 0 Å². The van der Waals surface area contributed by atoms with E-state index in [9.17, 15) is 14.4 Å². The van der Waals surface area contributed by atoms with Crippen molar-refractivity contribution < 1.29 is 28.6 Å². The molecule has 0 aliphatic carbocycles. The zero-order chi connectivity index (χ0) is 59.9. The Morgan fingerprint density at radius 3 is 0.687 bits per heavy atom. The van der Waals surface area contributed by atoms with Crippen molar-refractivity contribution >= 4 is 17.9 Å². The summed E-state index contributed by atoms with van der Waals surface area (Å²) in [5.74, 6) is -0.982. The lowest BCUT2D eigenvalue weighted by atomic mass is 10.0. The molecule has 0 N–H and O–H groups in total. The molecule has 0 saturated heterocycles. The number of ether oxygens (including phenoxy) is 3. The van der Waals surface area contributed by atoms with Crippen molar-refractivity contribution in [3.63, 3.8) is 0 Å². The minimum atomic E-state index is -0.819. The predicted molar refractivity (Wildman–Crippen MR) is 361 cm³/mol. The average molecular weight is 1140 g/mol. The van der Waals surface area contributed by atoms with E-state index in [1.54, 1.807) is 0 Å². The minimum absolute atomic E-state index is 0.110. The lowest BCUT2D eigenvalue weighted by Crippen LogP contribution is -2.30. The number of carbonyl (C=O) groups is 3. The van der Waals surface area contributed by atoms with Crippen LogP contribution in [0.2, 0.25) is 0 Å². The smallest absolute Gasteiger partial charge is 0.306 e. The fourth-order valence-corrected chi connectivity index (χ4v) is 8.52. The van der Waals surface area contributed by atoms with Gasteiger partial charge in [0.25, 0.3) is 0 Å². The van der Waals surface area contributed by atoms with Gasteiger partial charge < -0.3 is 14.2 Å². The Labute approximate surface area is 510 Å².